The van der Waals surface area contributed by atoms with Crippen LogP contribution in [0.2, 0.25) is 20.1 Å². The molecule has 2 aromatic heterocycles. The molecule has 126 valence electrons. The molecule has 2 rings (SSSR count). The number of amides is 1. The number of carbonyl (C=O) groups is 2. The Morgan fingerprint density at radius 1 is 1.08 bits per heavy atom. The van der Waals surface area contributed by atoms with Crippen LogP contribution in [-0.4, -0.2) is 27.9 Å². The van der Waals surface area contributed by atoms with Crippen molar-refractivity contribution in [1.29, 1.82) is 0 Å². The van der Waals surface area contributed by atoms with E-state index in [0.29, 0.717) is 5.02 Å². The van der Waals surface area contributed by atoms with E-state index in [1.54, 1.807) is 6.07 Å². The van der Waals surface area contributed by atoms with E-state index in [9.17, 15) is 9.59 Å². The number of rotatable bonds is 4. The van der Waals surface area contributed by atoms with Crippen LogP contribution in [0.4, 0.5) is 5.82 Å². The van der Waals surface area contributed by atoms with Crippen LogP contribution < -0.4 is 5.32 Å². The number of hydrogen-bond donors (Lipinski definition) is 1. The zero-order valence-electron chi connectivity index (χ0n) is 12.0. The minimum Gasteiger partial charge on any atom is -0.448 e. The van der Waals surface area contributed by atoms with Crippen molar-refractivity contribution in [2.24, 2.45) is 0 Å². The van der Waals surface area contributed by atoms with E-state index in [-0.39, 0.29) is 26.6 Å². The first-order valence-corrected chi connectivity index (χ1v) is 7.93. The Hall–Kier alpha value is -1.60. The van der Waals surface area contributed by atoms with E-state index in [1.807, 2.05) is 0 Å². The predicted octanol–water partition coefficient (Wildman–Crippen LogP) is 4.27. The van der Waals surface area contributed by atoms with Gasteiger partial charge in [-0.1, -0.05) is 46.4 Å². The molecule has 0 unspecified atom stereocenters. The molecule has 1 atom stereocenters. The van der Waals surface area contributed by atoms with Gasteiger partial charge in [0.1, 0.15) is 5.82 Å². The van der Waals surface area contributed by atoms with Gasteiger partial charge in [-0.25, -0.2) is 14.8 Å². The van der Waals surface area contributed by atoms with Crippen LogP contribution >= 0.6 is 46.4 Å². The van der Waals surface area contributed by atoms with Crippen molar-refractivity contribution in [2.45, 2.75) is 13.0 Å². The van der Waals surface area contributed by atoms with E-state index in [2.05, 4.69) is 15.3 Å². The fourth-order valence-corrected chi connectivity index (χ4v) is 2.20. The summed E-state index contributed by atoms with van der Waals surface area (Å²) >= 11 is 23.2. The number of nitrogens with zero attached hydrogens (tertiary/aromatic N) is 2. The molecule has 0 saturated carbocycles. The van der Waals surface area contributed by atoms with E-state index in [1.165, 1.54) is 19.2 Å². The maximum atomic E-state index is 12.1. The van der Waals surface area contributed by atoms with E-state index in [0.717, 1.165) is 6.20 Å². The van der Waals surface area contributed by atoms with Gasteiger partial charge in [-0.05, 0) is 19.1 Å². The number of halogens is 4. The summed E-state index contributed by atoms with van der Waals surface area (Å²) in [6.45, 7) is 1.38. The number of anilines is 1. The molecule has 2 heterocycles. The Bertz CT molecular complexity index is 784. The van der Waals surface area contributed by atoms with Crippen molar-refractivity contribution in [1.82, 2.24) is 9.97 Å². The Kier molecular flexibility index (Phi) is 6.23. The van der Waals surface area contributed by atoms with Crippen LogP contribution in [0.1, 0.15) is 17.4 Å². The summed E-state index contributed by atoms with van der Waals surface area (Å²) in [7, 11) is 0. The molecule has 0 radical (unpaired) electrons. The maximum absolute atomic E-state index is 12.1. The zero-order chi connectivity index (χ0) is 17.9. The van der Waals surface area contributed by atoms with Gasteiger partial charge in [-0.2, -0.15) is 0 Å². The first-order valence-electron chi connectivity index (χ1n) is 6.42. The van der Waals surface area contributed by atoms with Gasteiger partial charge in [-0.3, -0.25) is 4.79 Å². The van der Waals surface area contributed by atoms with E-state index < -0.39 is 18.0 Å². The molecule has 1 N–H and O–H groups in total. The molecule has 0 saturated heterocycles. The standard InChI is InChI=1S/C14H9Cl4N3O3/c1-6(13(22)21-9-3-2-7(15)4-19-9)24-14(23)12-11(18)10(17)8(16)5-20-12/h2-6H,1H3,(H,19,21,22)/t6-/m1/s1. The van der Waals surface area contributed by atoms with E-state index in [4.69, 9.17) is 51.1 Å². The van der Waals surface area contributed by atoms with Gasteiger partial charge in [0.2, 0.25) is 0 Å². The monoisotopic (exact) mass is 407 g/mol. The highest BCUT2D eigenvalue weighted by Gasteiger charge is 2.23. The van der Waals surface area contributed by atoms with Crippen LogP contribution in [0.3, 0.4) is 0 Å². The van der Waals surface area contributed by atoms with Gasteiger partial charge in [0.05, 0.1) is 20.1 Å². The number of pyridine rings is 2. The van der Waals surface area contributed by atoms with Crippen LogP contribution in [0.15, 0.2) is 24.5 Å². The molecule has 0 aliphatic heterocycles. The minimum atomic E-state index is -1.12. The second-order valence-corrected chi connectivity index (χ2v) is 6.08. The normalized spacial score (nSPS) is 11.7. The SMILES string of the molecule is C[C@@H](OC(=O)c1ncc(Cl)c(Cl)c1Cl)C(=O)Nc1ccc(Cl)cn1. The van der Waals surface area contributed by atoms with Crippen molar-refractivity contribution >= 4 is 64.1 Å². The average Bonchev–Trinajstić information content (AvgIpc) is 2.54. The Balaban J connectivity index is 2.04. The first kappa shape index (κ1) is 18.7. The molecular weight excluding hydrogens is 400 g/mol. The van der Waals surface area contributed by atoms with Gasteiger partial charge >= 0.3 is 5.97 Å². The molecule has 0 aromatic carbocycles. The van der Waals surface area contributed by atoms with Crippen molar-refractivity contribution in [3.8, 4) is 0 Å². The second-order valence-electron chi connectivity index (χ2n) is 4.48. The van der Waals surface area contributed by atoms with Crippen molar-refractivity contribution in [3.63, 3.8) is 0 Å². The Labute approximate surface area is 157 Å². The molecule has 24 heavy (non-hydrogen) atoms. The average molecular weight is 409 g/mol. The smallest absolute Gasteiger partial charge is 0.359 e. The predicted molar refractivity (Wildman–Crippen MR) is 92.0 cm³/mol. The number of aromatic nitrogens is 2. The lowest BCUT2D eigenvalue weighted by Gasteiger charge is -2.13. The van der Waals surface area contributed by atoms with Crippen LogP contribution in [0, 0.1) is 0 Å². The van der Waals surface area contributed by atoms with Crippen molar-refractivity contribution in [2.75, 3.05) is 5.32 Å². The van der Waals surface area contributed by atoms with Crippen molar-refractivity contribution in [3.05, 3.63) is 50.3 Å². The third kappa shape index (κ3) is 4.48. The fourth-order valence-electron chi connectivity index (χ4n) is 1.53. The number of ether oxygens (including phenoxy) is 1. The highest BCUT2D eigenvalue weighted by atomic mass is 35.5. The number of hydrogen-bond acceptors (Lipinski definition) is 5. The summed E-state index contributed by atoms with van der Waals surface area (Å²) in [4.78, 5) is 31.7. The van der Waals surface area contributed by atoms with Gasteiger partial charge < -0.3 is 10.1 Å². The minimum absolute atomic E-state index is 0.0252. The van der Waals surface area contributed by atoms with Crippen LogP contribution in [0.25, 0.3) is 0 Å². The third-order valence-corrected chi connectivity index (χ3v) is 4.21. The van der Waals surface area contributed by atoms with Gasteiger partial charge in [-0.15, -0.1) is 0 Å². The number of carbonyl (C=O) groups excluding carboxylic acids is 2. The summed E-state index contributed by atoms with van der Waals surface area (Å²) in [5.41, 5.74) is -0.240. The molecule has 1 amide bonds. The highest BCUT2D eigenvalue weighted by molar-refractivity contribution is 6.48. The third-order valence-electron chi connectivity index (χ3n) is 2.74. The quantitative estimate of drug-likeness (QED) is 0.763. The molecule has 0 aliphatic carbocycles. The van der Waals surface area contributed by atoms with Gasteiger partial charge in [0.25, 0.3) is 5.91 Å². The molecule has 2 aromatic rings. The summed E-state index contributed by atoms with van der Waals surface area (Å²) in [6, 6.07) is 3.06. The molecule has 0 spiro atoms. The lowest BCUT2D eigenvalue weighted by atomic mass is 10.3. The fraction of sp³-hybridized carbons (Fsp3) is 0.143. The lowest BCUT2D eigenvalue weighted by molar-refractivity contribution is -0.123. The van der Waals surface area contributed by atoms with E-state index >= 15 is 0 Å². The summed E-state index contributed by atoms with van der Waals surface area (Å²) in [5.74, 6) is -1.24. The van der Waals surface area contributed by atoms with Gasteiger partial charge in [0.15, 0.2) is 11.8 Å². The Morgan fingerprint density at radius 2 is 1.79 bits per heavy atom. The zero-order valence-corrected chi connectivity index (χ0v) is 15.0. The Morgan fingerprint density at radius 3 is 2.42 bits per heavy atom. The molecule has 0 fully saturated rings. The number of esters is 1. The first-order chi connectivity index (χ1) is 11.3. The molecule has 0 aliphatic rings. The highest BCUT2D eigenvalue weighted by Crippen LogP contribution is 2.31. The number of nitrogens with one attached hydrogen (secondary N) is 1. The van der Waals surface area contributed by atoms with Crippen LogP contribution in [-0.2, 0) is 9.53 Å². The summed E-state index contributed by atoms with van der Waals surface area (Å²) in [6.07, 6.45) is 1.41. The molecule has 0 bridgehead atoms. The molecular formula is C14H9Cl4N3O3. The van der Waals surface area contributed by atoms with Gasteiger partial charge in [0, 0.05) is 12.4 Å². The van der Waals surface area contributed by atoms with Crippen LogP contribution in [0.5, 0.6) is 0 Å². The summed E-state index contributed by atoms with van der Waals surface area (Å²) in [5, 5.41) is 2.82. The van der Waals surface area contributed by atoms with Crippen molar-refractivity contribution < 1.29 is 14.3 Å². The topological polar surface area (TPSA) is 81.2 Å². The molecule has 10 heteroatoms. The second kappa shape index (κ2) is 7.98. The molecule has 6 nitrogen and oxygen atoms in total. The maximum Gasteiger partial charge on any atom is 0.359 e. The lowest BCUT2D eigenvalue weighted by Crippen LogP contribution is -2.30. The largest absolute Gasteiger partial charge is 0.448 e. The summed E-state index contributed by atoms with van der Waals surface area (Å²) < 4.78 is 5.02.